The number of amides is 3. The number of carbonyl (C=O) groups excluding carboxylic acids is 3. The fourth-order valence-electron chi connectivity index (χ4n) is 3.35. The van der Waals surface area contributed by atoms with Gasteiger partial charge in [-0.05, 0) is 31.5 Å². The highest BCUT2D eigenvalue weighted by molar-refractivity contribution is 7.16. The van der Waals surface area contributed by atoms with Gasteiger partial charge in [-0.1, -0.05) is 13.8 Å². The average molecular weight is 430 g/mol. The predicted octanol–water partition coefficient (Wildman–Crippen LogP) is 2.42. The molecule has 0 atom stereocenters. The monoisotopic (exact) mass is 429 g/mol. The van der Waals surface area contributed by atoms with Crippen LogP contribution in [0.25, 0.3) is 0 Å². The minimum atomic E-state index is -0.522. The third-order valence-corrected chi connectivity index (χ3v) is 6.40. The van der Waals surface area contributed by atoms with Crippen molar-refractivity contribution in [2.24, 2.45) is 11.7 Å². The van der Waals surface area contributed by atoms with Gasteiger partial charge in [-0.3, -0.25) is 14.4 Å². The van der Waals surface area contributed by atoms with Crippen LogP contribution in [0.4, 0.5) is 10.8 Å². The zero-order valence-electron chi connectivity index (χ0n) is 17.7. The highest BCUT2D eigenvalue weighted by Gasteiger charge is 2.29. The first-order valence-corrected chi connectivity index (χ1v) is 10.7. The van der Waals surface area contributed by atoms with Crippen LogP contribution in [0.15, 0.2) is 18.3 Å². The molecular weight excluding hydrogens is 402 g/mol. The Morgan fingerprint density at radius 1 is 1.17 bits per heavy atom. The fourth-order valence-corrected chi connectivity index (χ4v) is 4.40. The first-order valence-electron chi connectivity index (χ1n) is 9.90. The van der Waals surface area contributed by atoms with E-state index in [9.17, 15) is 14.4 Å². The standard InChI is InChI=1S/C21H27N5O3S/c1-12(2)19(28)24-20-16(13(3)14(4)30-20)21(29)26-10-8-25(9-11-26)18-15(17(22)27)6-5-7-23-18/h5-7,12H,8-11H2,1-4H3,(H2,22,27)(H,24,28). The van der Waals surface area contributed by atoms with Gasteiger partial charge >= 0.3 is 0 Å². The fraction of sp³-hybridized carbons (Fsp3) is 0.429. The smallest absolute Gasteiger partial charge is 0.257 e. The number of aromatic nitrogens is 1. The third-order valence-electron chi connectivity index (χ3n) is 5.28. The van der Waals surface area contributed by atoms with Crippen molar-refractivity contribution in [2.45, 2.75) is 27.7 Å². The van der Waals surface area contributed by atoms with E-state index >= 15 is 0 Å². The van der Waals surface area contributed by atoms with Crippen molar-refractivity contribution < 1.29 is 14.4 Å². The lowest BCUT2D eigenvalue weighted by molar-refractivity contribution is -0.118. The lowest BCUT2D eigenvalue weighted by Crippen LogP contribution is -2.49. The molecule has 0 spiro atoms. The summed E-state index contributed by atoms with van der Waals surface area (Å²) in [7, 11) is 0. The minimum absolute atomic E-state index is 0.0910. The zero-order valence-corrected chi connectivity index (χ0v) is 18.5. The highest BCUT2D eigenvalue weighted by Crippen LogP contribution is 2.34. The molecule has 0 radical (unpaired) electrons. The van der Waals surface area contributed by atoms with E-state index in [-0.39, 0.29) is 17.7 Å². The summed E-state index contributed by atoms with van der Waals surface area (Å²) in [5.74, 6) is -0.343. The number of aryl methyl sites for hydroxylation is 1. The predicted molar refractivity (Wildman–Crippen MR) is 118 cm³/mol. The van der Waals surface area contributed by atoms with E-state index < -0.39 is 5.91 Å². The maximum absolute atomic E-state index is 13.3. The van der Waals surface area contributed by atoms with Crippen LogP contribution in [0.3, 0.4) is 0 Å². The number of pyridine rings is 1. The Bertz CT molecular complexity index is 977. The van der Waals surface area contributed by atoms with Gasteiger partial charge in [0.15, 0.2) is 0 Å². The summed E-state index contributed by atoms with van der Waals surface area (Å²) in [6.45, 7) is 9.55. The number of piperazine rings is 1. The van der Waals surface area contributed by atoms with Crippen molar-refractivity contribution in [2.75, 3.05) is 36.4 Å². The second-order valence-electron chi connectivity index (χ2n) is 7.65. The topological polar surface area (TPSA) is 109 Å². The molecule has 1 fully saturated rings. The van der Waals surface area contributed by atoms with E-state index in [0.29, 0.717) is 48.1 Å². The van der Waals surface area contributed by atoms with Crippen LogP contribution in [0.2, 0.25) is 0 Å². The normalized spacial score (nSPS) is 14.2. The molecule has 3 heterocycles. The maximum atomic E-state index is 13.3. The van der Waals surface area contributed by atoms with Gasteiger partial charge in [0, 0.05) is 43.2 Å². The molecule has 1 aliphatic heterocycles. The molecule has 160 valence electrons. The number of anilines is 2. The molecule has 0 saturated carbocycles. The van der Waals surface area contributed by atoms with E-state index in [1.807, 2.05) is 32.6 Å². The van der Waals surface area contributed by atoms with Crippen LogP contribution in [-0.2, 0) is 4.79 Å². The second kappa shape index (κ2) is 8.83. The number of carbonyl (C=O) groups is 3. The van der Waals surface area contributed by atoms with Gasteiger partial charge in [0.05, 0.1) is 11.1 Å². The first kappa shape index (κ1) is 21.8. The van der Waals surface area contributed by atoms with Gasteiger partial charge in [0.2, 0.25) is 5.91 Å². The van der Waals surface area contributed by atoms with Gasteiger partial charge in [0.25, 0.3) is 11.8 Å². The molecule has 2 aromatic heterocycles. The lowest BCUT2D eigenvalue weighted by Gasteiger charge is -2.36. The van der Waals surface area contributed by atoms with Crippen molar-refractivity contribution in [3.8, 4) is 0 Å². The molecule has 2 aromatic rings. The summed E-state index contributed by atoms with van der Waals surface area (Å²) in [5, 5.41) is 3.51. The van der Waals surface area contributed by atoms with E-state index in [1.165, 1.54) is 11.3 Å². The Morgan fingerprint density at radius 3 is 2.43 bits per heavy atom. The number of nitrogens with two attached hydrogens (primary N) is 1. The molecule has 30 heavy (non-hydrogen) atoms. The van der Waals surface area contributed by atoms with Crippen molar-refractivity contribution in [1.29, 1.82) is 0 Å². The zero-order chi connectivity index (χ0) is 22.0. The van der Waals surface area contributed by atoms with Crippen LogP contribution < -0.4 is 16.0 Å². The number of nitrogens with one attached hydrogen (secondary N) is 1. The number of hydrogen-bond acceptors (Lipinski definition) is 6. The van der Waals surface area contributed by atoms with Crippen molar-refractivity contribution >= 4 is 39.9 Å². The van der Waals surface area contributed by atoms with Crippen LogP contribution in [0.1, 0.15) is 45.0 Å². The van der Waals surface area contributed by atoms with Crippen molar-refractivity contribution in [3.05, 3.63) is 39.9 Å². The van der Waals surface area contributed by atoms with Crippen LogP contribution in [0.5, 0.6) is 0 Å². The van der Waals surface area contributed by atoms with E-state index in [4.69, 9.17) is 5.73 Å². The SMILES string of the molecule is Cc1sc(NC(=O)C(C)C)c(C(=O)N2CCN(c3ncccc3C(N)=O)CC2)c1C. The third kappa shape index (κ3) is 4.30. The number of nitrogens with zero attached hydrogens (tertiary/aromatic N) is 3. The molecule has 0 aliphatic carbocycles. The molecule has 0 bridgehead atoms. The maximum Gasteiger partial charge on any atom is 0.257 e. The van der Waals surface area contributed by atoms with Crippen LogP contribution in [-0.4, -0.2) is 53.8 Å². The van der Waals surface area contributed by atoms with Gasteiger partial charge < -0.3 is 20.9 Å². The summed E-state index contributed by atoms with van der Waals surface area (Å²) in [6, 6.07) is 3.33. The van der Waals surface area contributed by atoms with Crippen LogP contribution in [0, 0.1) is 19.8 Å². The molecule has 1 saturated heterocycles. The molecule has 3 rings (SSSR count). The Hall–Kier alpha value is -2.94. The molecule has 3 N–H and O–H groups in total. The second-order valence-corrected chi connectivity index (χ2v) is 8.87. The molecule has 1 aliphatic rings. The summed E-state index contributed by atoms with van der Waals surface area (Å²) in [4.78, 5) is 46.2. The number of thiophene rings is 1. The Balaban J connectivity index is 1.76. The van der Waals surface area contributed by atoms with Crippen molar-refractivity contribution in [3.63, 3.8) is 0 Å². The highest BCUT2D eigenvalue weighted by atomic mass is 32.1. The molecule has 8 nitrogen and oxygen atoms in total. The minimum Gasteiger partial charge on any atom is -0.365 e. The Labute approximate surface area is 180 Å². The molecule has 0 unspecified atom stereocenters. The Morgan fingerprint density at radius 2 is 1.83 bits per heavy atom. The first-order chi connectivity index (χ1) is 14.2. The molecular formula is C21H27N5O3S. The van der Waals surface area contributed by atoms with Gasteiger partial charge in [-0.25, -0.2) is 4.98 Å². The van der Waals surface area contributed by atoms with E-state index in [1.54, 1.807) is 23.2 Å². The van der Waals surface area contributed by atoms with E-state index in [0.717, 1.165) is 10.4 Å². The van der Waals surface area contributed by atoms with Gasteiger partial charge in [-0.2, -0.15) is 0 Å². The molecule has 0 aromatic carbocycles. The summed E-state index contributed by atoms with van der Waals surface area (Å²) in [6.07, 6.45) is 1.63. The number of rotatable bonds is 5. The largest absolute Gasteiger partial charge is 0.365 e. The Kier molecular flexibility index (Phi) is 6.40. The summed E-state index contributed by atoms with van der Waals surface area (Å²) in [5.41, 5.74) is 7.30. The quantitative estimate of drug-likeness (QED) is 0.759. The van der Waals surface area contributed by atoms with Crippen LogP contribution >= 0.6 is 11.3 Å². The summed E-state index contributed by atoms with van der Waals surface area (Å²) >= 11 is 1.43. The summed E-state index contributed by atoms with van der Waals surface area (Å²) < 4.78 is 0. The average Bonchev–Trinajstić information content (AvgIpc) is 3.00. The molecule has 3 amide bonds. The number of hydrogen-bond donors (Lipinski definition) is 2. The lowest BCUT2D eigenvalue weighted by atomic mass is 10.1. The molecule has 9 heteroatoms. The van der Waals surface area contributed by atoms with E-state index in [2.05, 4.69) is 10.3 Å². The van der Waals surface area contributed by atoms with Crippen molar-refractivity contribution in [1.82, 2.24) is 9.88 Å². The van der Waals surface area contributed by atoms with Gasteiger partial charge in [0.1, 0.15) is 10.8 Å². The van der Waals surface area contributed by atoms with Gasteiger partial charge in [-0.15, -0.1) is 11.3 Å². The number of primary amides is 1.